The number of nitrogens with zero attached hydrogens (tertiary/aromatic N) is 3. The first-order valence-electron chi connectivity index (χ1n) is 14.2. The van der Waals surface area contributed by atoms with Crippen LogP contribution in [0.5, 0.6) is 5.88 Å². The summed E-state index contributed by atoms with van der Waals surface area (Å²) in [5, 5.41) is 16.1. The number of aliphatic imine (C=N–C) groups is 3. The predicted molar refractivity (Wildman–Crippen MR) is 158 cm³/mol. The van der Waals surface area contributed by atoms with E-state index in [1.165, 1.54) is 19.3 Å². The Morgan fingerprint density at radius 1 is 1.20 bits per heavy atom. The number of rotatable bonds is 8. The van der Waals surface area contributed by atoms with Crippen LogP contribution in [0.1, 0.15) is 55.1 Å². The van der Waals surface area contributed by atoms with Gasteiger partial charge in [0.2, 0.25) is 0 Å². The molecule has 3 aliphatic rings. The smallest absolute Gasteiger partial charge is 0.396 e. The van der Waals surface area contributed by atoms with E-state index in [0.717, 1.165) is 41.5 Å². The third kappa shape index (κ3) is 6.81. The fourth-order valence-electron chi connectivity index (χ4n) is 5.36. The molecule has 232 valence electrons. The van der Waals surface area contributed by atoms with Crippen LogP contribution in [0, 0.1) is 23.5 Å². The molecule has 0 spiro atoms. The Bertz CT molecular complexity index is 1620. The molecule has 2 aliphatic heterocycles. The second-order valence-electron chi connectivity index (χ2n) is 11.0. The van der Waals surface area contributed by atoms with Gasteiger partial charge in [0.05, 0.1) is 36.0 Å². The van der Waals surface area contributed by atoms with Crippen molar-refractivity contribution in [1.82, 2.24) is 15.6 Å². The first-order valence-corrected chi connectivity index (χ1v) is 14.2. The molecule has 3 heterocycles. The fraction of sp³-hybridized carbons (Fsp3) is 0.355. The lowest BCUT2D eigenvalue weighted by molar-refractivity contribution is -0.158. The standard InChI is InChI=1S/C31H31F5N6O2/c1-16(18-3-5-22-23(12-21-14-37-15-40-21)29(43)42-27(22)10-18)7-8-38-28-24(11-20(13-39-28)31(34,35)36)30(44)41-17(2)19-4-6-25(32)26(33)9-19/h4,6,9-12,14-17,20,42-43H,3,5,7-8,13H2,1-2H3,(H,38,39)(H,41,44)/t16?,17-,20?/m0/s1. The number of hydrogen-bond donors (Lipinski definition) is 4. The summed E-state index contributed by atoms with van der Waals surface area (Å²) >= 11 is 0. The Hall–Kier alpha value is -4.55. The topological polar surface area (TPSA) is 114 Å². The first-order chi connectivity index (χ1) is 20.9. The van der Waals surface area contributed by atoms with Gasteiger partial charge >= 0.3 is 6.18 Å². The zero-order chi connectivity index (χ0) is 31.6. The Morgan fingerprint density at radius 3 is 2.70 bits per heavy atom. The van der Waals surface area contributed by atoms with Crippen molar-refractivity contribution in [3.8, 4) is 5.88 Å². The van der Waals surface area contributed by atoms with Crippen molar-refractivity contribution >= 4 is 36.4 Å². The van der Waals surface area contributed by atoms with Crippen LogP contribution >= 0.6 is 0 Å². The van der Waals surface area contributed by atoms with E-state index in [9.17, 15) is 31.9 Å². The maximum absolute atomic E-state index is 13.7. The van der Waals surface area contributed by atoms with Crippen LogP contribution in [-0.4, -0.2) is 53.7 Å². The number of aromatic hydroxyl groups is 1. The molecule has 44 heavy (non-hydrogen) atoms. The van der Waals surface area contributed by atoms with Crippen LogP contribution in [-0.2, 0) is 11.2 Å². The average Bonchev–Trinajstić information content (AvgIpc) is 3.61. The number of carbonyl (C=O) groups is 1. The molecule has 0 fully saturated rings. The van der Waals surface area contributed by atoms with Crippen molar-refractivity contribution in [1.29, 1.82) is 0 Å². The molecule has 8 nitrogen and oxygen atoms in total. The molecule has 1 aliphatic carbocycles. The van der Waals surface area contributed by atoms with Crippen molar-refractivity contribution in [3.63, 3.8) is 0 Å². The Balaban J connectivity index is 1.24. The lowest BCUT2D eigenvalue weighted by atomic mass is 9.86. The highest BCUT2D eigenvalue weighted by atomic mass is 19.4. The number of alkyl halides is 3. The third-order valence-corrected chi connectivity index (χ3v) is 7.95. The van der Waals surface area contributed by atoms with Crippen LogP contribution in [0.4, 0.5) is 22.0 Å². The van der Waals surface area contributed by atoms with E-state index in [0.29, 0.717) is 30.6 Å². The summed E-state index contributed by atoms with van der Waals surface area (Å²) in [4.78, 5) is 28.3. The predicted octanol–water partition coefficient (Wildman–Crippen LogP) is 5.79. The molecule has 2 unspecified atom stereocenters. The molecule has 5 rings (SSSR count). The maximum atomic E-state index is 13.7. The van der Waals surface area contributed by atoms with E-state index in [1.807, 2.05) is 13.0 Å². The van der Waals surface area contributed by atoms with Gasteiger partial charge in [-0.3, -0.25) is 9.79 Å². The molecule has 0 saturated heterocycles. The number of allylic oxidation sites excluding steroid dienone is 2. The second-order valence-corrected chi connectivity index (χ2v) is 11.0. The van der Waals surface area contributed by atoms with Crippen molar-refractivity contribution < 1.29 is 31.9 Å². The molecule has 4 N–H and O–H groups in total. The number of nitrogens with one attached hydrogen (secondary N) is 3. The molecule has 0 radical (unpaired) electrons. The fourth-order valence-corrected chi connectivity index (χ4v) is 5.36. The number of halogens is 5. The number of aromatic amines is 1. The van der Waals surface area contributed by atoms with Gasteiger partial charge < -0.3 is 20.7 Å². The zero-order valence-corrected chi connectivity index (χ0v) is 24.0. The van der Waals surface area contributed by atoms with Gasteiger partial charge in [-0.2, -0.15) is 13.2 Å². The number of H-pyrrole nitrogens is 1. The highest BCUT2D eigenvalue weighted by Crippen LogP contribution is 2.36. The van der Waals surface area contributed by atoms with Gasteiger partial charge in [0.15, 0.2) is 17.5 Å². The summed E-state index contributed by atoms with van der Waals surface area (Å²) in [6.45, 7) is 3.32. The average molecular weight is 615 g/mol. The van der Waals surface area contributed by atoms with Gasteiger partial charge in [0.1, 0.15) is 12.2 Å². The van der Waals surface area contributed by atoms with Crippen molar-refractivity contribution in [3.05, 3.63) is 75.1 Å². The number of fused-ring (bicyclic) bond motifs is 1. The molecule has 13 heteroatoms. The minimum absolute atomic E-state index is 0.0395. The van der Waals surface area contributed by atoms with E-state index in [1.54, 1.807) is 12.3 Å². The summed E-state index contributed by atoms with van der Waals surface area (Å²) in [7, 11) is 0. The minimum atomic E-state index is -4.59. The number of carbonyl (C=O) groups excluding carboxylic acids is 1. The van der Waals surface area contributed by atoms with E-state index in [2.05, 4.69) is 30.6 Å². The van der Waals surface area contributed by atoms with Crippen molar-refractivity contribution in [2.75, 3.05) is 13.1 Å². The third-order valence-electron chi connectivity index (χ3n) is 7.95. The number of amides is 1. The number of benzene rings is 1. The van der Waals surface area contributed by atoms with Crippen LogP contribution in [0.3, 0.4) is 0 Å². The molecule has 2 aromatic rings. The van der Waals surface area contributed by atoms with Crippen LogP contribution in [0.15, 0.2) is 56.1 Å². The summed E-state index contributed by atoms with van der Waals surface area (Å²) in [5.74, 6) is -4.73. The van der Waals surface area contributed by atoms with E-state index in [-0.39, 0.29) is 28.8 Å². The van der Waals surface area contributed by atoms with Gasteiger partial charge in [-0.15, -0.1) is 0 Å². The molecular weight excluding hydrogens is 583 g/mol. The summed E-state index contributed by atoms with van der Waals surface area (Å²) in [6, 6.07) is 2.33. The Kier molecular flexibility index (Phi) is 8.84. The van der Waals surface area contributed by atoms with Gasteiger partial charge in [-0.1, -0.05) is 24.6 Å². The summed E-state index contributed by atoms with van der Waals surface area (Å²) < 4.78 is 67.6. The molecule has 0 bridgehead atoms. The lowest BCUT2D eigenvalue weighted by Gasteiger charge is -2.25. The minimum Gasteiger partial charge on any atom is -0.494 e. The lowest BCUT2D eigenvalue weighted by Crippen LogP contribution is -2.41. The molecule has 3 atom stereocenters. The Morgan fingerprint density at radius 2 is 2.00 bits per heavy atom. The first kappa shape index (κ1) is 30.9. The number of amidine groups is 1. The SMILES string of the molecule is CC(CCNC1=NCC(C(F)(F)F)C=C1C(=O)N[C@@H](C)c1ccc(F)c(F)c1)C1=Cc2[nH]c(O)c(C=C3C=NC=N3)c2CC1. The highest BCUT2D eigenvalue weighted by molar-refractivity contribution is 6.21. The van der Waals surface area contributed by atoms with E-state index in [4.69, 9.17) is 0 Å². The van der Waals surface area contributed by atoms with E-state index < -0.39 is 42.2 Å². The Labute approximate surface area is 250 Å². The summed E-state index contributed by atoms with van der Waals surface area (Å²) in [6.07, 6.45) is 5.13. The largest absolute Gasteiger partial charge is 0.494 e. The molecule has 1 amide bonds. The maximum Gasteiger partial charge on any atom is 0.396 e. The van der Waals surface area contributed by atoms with Gasteiger partial charge in [-0.05, 0) is 67.5 Å². The zero-order valence-electron chi connectivity index (χ0n) is 24.0. The van der Waals surface area contributed by atoms with Crippen LogP contribution in [0.2, 0.25) is 0 Å². The number of hydrogen-bond acceptors (Lipinski definition) is 6. The molecule has 1 aromatic heterocycles. The number of dihydropyridines is 1. The highest BCUT2D eigenvalue weighted by Gasteiger charge is 2.41. The number of aromatic nitrogens is 1. The van der Waals surface area contributed by atoms with Crippen LogP contribution < -0.4 is 10.6 Å². The summed E-state index contributed by atoms with van der Waals surface area (Å²) in [5.41, 5.74) is 4.23. The second kappa shape index (κ2) is 12.6. The molecular formula is C31H31F5N6O2. The normalized spacial score (nSPS) is 20.1. The van der Waals surface area contributed by atoms with Gasteiger partial charge in [0, 0.05) is 17.8 Å². The molecule has 0 saturated carbocycles. The molecule has 1 aromatic carbocycles. The van der Waals surface area contributed by atoms with Crippen molar-refractivity contribution in [2.45, 2.75) is 45.3 Å². The van der Waals surface area contributed by atoms with Crippen LogP contribution in [0.25, 0.3) is 12.2 Å². The van der Waals surface area contributed by atoms with E-state index >= 15 is 0 Å². The quantitative estimate of drug-likeness (QED) is 0.282. The van der Waals surface area contributed by atoms with Crippen molar-refractivity contribution in [2.24, 2.45) is 26.8 Å². The monoisotopic (exact) mass is 614 g/mol. The van der Waals surface area contributed by atoms with Gasteiger partial charge in [0.25, 0.3) is 5.91 Å². The van der Waals surface area contributed by atoms with Gasteiger partial charge in [-0.25, -0.2) is 18.8 Å².